The molecule has 0 saturated heterocycles. The van der Waals surface area contributed by atoms with E-state index in [0.29, 0.717) is 12.4 Å². The highest BCUT2D eigenvalue weighted by Crippen LogP contribution is 2.19. The van der Waals surface area contributed by atoms with Crippen LogP contribution >= 0.6 is 0 Å². The molecule has 7 heteroatoms. The highest BCUT2D eigenvalue weighted by atomic mass is 16.5. The fourth-order valence-electron chi connectivity index (χ4n) is 1.96. The van der Waals surface area contributed by atoms with Crippen LogP contribution in [0.4, 0.5) is 0 Å². The zero-order valence-corrected chi connectivity index (χ0v) is 13.7. The van der Waals surface area contributed by atoms with E-state index >= 15 is 0 Å². The highest BCUT2D eigenvalue weighted by Gasteiger charge is 2.14. The number of carbonyl (C=O) groups excluding carboxylic acids is 3. The van der Waals surface area contributed by atoms with Crippen LogP contribution in [0.1, 0.15) is 22.3 Å². The van der Waals surface area contributed by atoms with Gasteiger partial charge < -0.3 is 9.47 Å². The molecule has 0 bridgehead atoms. The minimum atomic E-state index is -0.696. The number of esters is 1. The van der Waals surface area contributed by atoms with Crippen molar-refractivity contribution in [3.05, 3.63) is 65.7 Å². The topological polar surface area (TPSA) is 93.7 Å². The van der Waals surface area contributed by atoms with Crippen molar-refractivity contribution < 1.29 is 23.9 Å². The fraction of sp³-hybridized carbons (Fsp3) is 0.167. The van der Waals surface area contributed by atoms with Gasteiger partial charge in [-0.15, -0.1) is 0 Å². The number of hydrazine groups is 1. The molecule has 2 aromatic carbocycles. The van der Waals surface area contributed by atoms with E-state index in [0.717, 1.165) is 5.56 Å². The van der Waals surface area contributed by atoms with Crippen LogP contribution in [0.3, 0.4) is 0 Å². The standard InChI is InChI=1S/C18H18N2O5/c1-24-17(22)11-16(21)19-20-18(23)14-9-5-6-10-15(14)25-12-13-7-3-2-4-8-13/h2-10H,11-12H2,1H3,(H,19,21)(H,20,23). The number of hydrogen-bond donors (Lipinski definition) is 2. The van der Waals surface area contributed by atoms with E-state index in [1.165, 1.54) is 7.11 Å². The lowest BCUT2D eigenvalue weighted by Crippen LogP contribution is -2.42. The van der Waals surface area contributed by atoms with Gasteiger partial charge >= 0.3 is 5.97 Å². The van der Waals surface area contributed by atoms with E-state index in [1.54, 1.807) is 24.3 Å². The average Bonchev–Trinajstić information content (AvgIpc) is 2.65. The average molecular weight is 342 g/mol. The number of hydrogen-bond acceptors (Lipinski definition) is 5. The first-order chi connectivity index (χ1) is 12.1. The second-order valence-corrected chi connectivity index (χ2v) is 5.03. The summed E-state index contributed by atoms with van der Waals surface area (Å²) in [5.41, 5.74) is 5.62. The van der Waals surface area contributed by atoms with Crippen LogP contribution in [0.2, 0.25) is 0 Å². The molecule has 0 aliphatic heterocycles. The molecule has 0 aliphatic rings. The van der Waals surface area contributed by atoms with Crippen molar-refractivity contribution >= 4 is 17.8 Å². The summed E-state index contributed by atoms with van der Waals surface area (Å²) in [4.78, 5) is 34.7. The first-order valence-electron chi connectivity index (χ1n) is 7.52. The molecular formula is C18H18N2O5. The smallest absolute Gasteiger partial charge is 0.315 e. The zero-order chi connectivity index (χ0) is 18.1. The molecule has 2 N–H and O–H groups in total. The number of amides is 2. The van der Waals surface area contributed by atoms with Gasteiger partial charge in [0.05, 0.1) is 12.7 Å². The molecule has 7 nitrogen and oxygen atoms in total. The molecule has 0 aliphatic carbocycles. The van der Waals surface area contributed by atoms with E-state index in [9.17, 15) is 14.4 Å². The normalized spacial score (nSPS) is 9.80. The Hall–Kier alpha value is -3.35. The minimum Gasteiger partial charge on any atom is -0.488 e. The minimum absolute atomic E-state index is 0.261. The van der Waals surface area contributed by atoms with E-state index in [4.69, 9.17) is 4.74 Å². The Balaban J connectivity index is 1.95. The monoisotopic (exact) mass is 342 g/mol. The van der Waals surface area contributed by atoms with E-state index in [2.05, 4.69) is 15.6 Å². The Morgan fingerprint density at radius 3 is 2.32 bits per heavy atom. The molecule has 25 heavy (non-hydrogen) atoms. The van der Waals surface area contributed by atoms with Crippen molar-refractivity contribution in [3.63, 3.8) is 0 Å². The van der Waals surface area contributed by atoms with Gasteiger partial charge in [-0.25, -0.2) is 0 Å². The van der Waals surface area contributed by atoms with Crippen molar-refractivity contribution in [3.8, 4) is 5.75 Å². The first kappa shape index (κ1) is 18.0. The summed E-state index contributed by atoms with van der Waals surface area (Å²) >= 11 is 0. The number of rotatable bonds is 6. The molecule has 0 heterocycles. The maximum absolute atomic E-state index is 12.2. The van der Waals surface area contributed by atoms with Crippen LogP contribution in [-0.2, 0) is 20.9 Å². The van der Waals surface area contributed by atoms with Crippen LogP contribution in [-0.4, -0.2) is 24.9 Å². The third-order valence-corrected chi connectivity index (χ3v) is 3.22. The predicted molar refractivity (Wildman–Crippen MR) is 89.5 cm³/mol. The van der Waals surface area contributed by atoms with Gasteiger partial charge in [0.15, 0.2) is 0 Å². The van der Waals surface area contributed by atoms with Crippen LogP contribution in [0, 0.1) is 0 Å². The summed E-state index contributed by atoms with van der Waals surface area (Å²) in [7, 11) is 1.18. The summed E-state index contributed by atoms with van der Waals surface area (Å²) in [6.07, 6.45) is -0.483. The van der Waals surface area contributed by atoms with Crippen molar-refractivity contribution in [2.75, 3.05) is 7.11 Å². The van der Waals surface area contributed by atoms with Crippen molar-refractivity contribution in [1.82, 2.24) is 10.9 Å². The van der Waals surface area contributed by atoms with Crippen LogP contribution in [0.15, 0.2) is 54.6 Å². The van der Waals surface area contributed by atoms with E-state index in [-0.39, 0.29) is 5.56 Å². The maximum Gasteiger partial charge on any atom is 0.315 e. The lowest BCUT2D eigenvalue weighted by Gasteiger charge is -2.12. The quantitative estimate of drug-likeness (QED) is 0.472. The maximum atomic E-state index is 12.2. The third kappa shape index (κ3) is 5.65. The highest BCUT2D eigenvalue weighted by molar-refractivity contribution is 5.99. The molecular weight excluding hydrogens is 324 g/mol. The van der Waals surface area contributed by atoms with Gasteiger partial charge in [0.1, 0.15) is 18.8 Å². The third-order valence-electron chi connectivity index (χ3n) is 3.22. The molecule has 0 spiro atoms. The largest absolute Gasteiger partial charge is 0.488 e. The second kappa shape index (κ2) is 9.07. The van der Waals surface area contributed by atoms with Crippen LogP contribution in [0.25, 0.3) is 0 Å². The molecule has 0 unspecified atom stereocenters. The van der Waals surface area contributed by atoms with Crippen LogP contribution in [0.5, 0.6) is 5.75 Å². The Kier molecular flexibility index (Phi) is 6.53. The lowest BCUT2D eigenvalue weighted by molar-refractivity contribution is -0.144. The van der Waals surface area contributed by atoms with Gasteiger partial charge in [-0.3, -0.25) is 25.2 Å². The molecule has 130 valence electrons. The van der Waals surface area contributed by atoms with E-state index < -0.39 is 24.2 Å². The molecule has 2 aromatic rings. The van der Waals surface area contributed by atoms with Crippen molar-refractivity contribution in [1.29, 1.82) is 0 Å². The fourth-order valence-corrected chi connectivity index (χ4v) is 1.96. The number of methoxy groups -OCH3 is 1. The zero-order valence-electron chi connectivity index (χ0n) is 13.7. The van der Waals surface area contributed by atoms with Gasteiger partial charge in [0.25, 0.3) is 5.91 Å². The Morgan fingerprint density at radius 2 is 1.60 bits per heavy atom. The number of nitrogens with one attached hydrogen (secondary N) is 2. The molecule has 0 aromatic heterocycles. The molecule has 0 radical (unpaired) electrons. The molecule has 2 amide bonds. The molecule has 0 atom stereocenters. The van der Waals surface area contributed by atoms with Crippen molar-refractivity contribution in [2.45, 2.75) is 13.0 Å². The summed E-state index contributed by atoms with van der Waals surface area (Å²) in [6, 6.07) is 16.2. The molecule has 0 fully saturated rings. The first-order valence-corrected chi connectivity index (χ1v) is 7.52. The summed E-state index contributed by atoms with van der Waals surface area (Å²) in [5, 5.41) is 0. The molecule has 2 rings (SSSR count). The lowest BCUT2D eigenvalue weighted by atomic mass is 10.2. The van der Waals surface area contributed by atoms with Gasteiger partial charge in [-0.2, -0.15) is 0 Å². The Labute approximate surface area is 144 Å². The summed E-state index contributed by atoms with van der Waals surface area (Å²) in [5.74, 6) is -1.55. The number of ether oxygens (including phenoxy) is 2. The second-order valence-electron chi connectivity index (χ2n) is 5.03. The summed E-state index contributed by atoms with van der Waals surface area (Å²) in [6.45, 7) is 0.305. The van der Waals surface area contributed by atoms with Gasteiger partial charge in [0, 0.05) is 0 Å². The van der Waals surface area contributed by atoms with Crippen molar-refractivity contribution in [2.24, 2.45) is 0 Å². The van der Waals surface area contributed by atoms with Gasteiger partial charge in [-0.05, 0) is 17.7 Å². The number of carbonyl (C=O) groups is 3. The predicted octanol–water partition coefficient (Wildman–Crippen LogP) is 1.59. The molecule has 0 saturated carbocycles. The SMILES string of the molecule is COC(=O)CC(=O)NNC(=O)c1ccccc1OCc1ccccc1. The van der Waals surface area contributed by atoms with Gasteiger partial charge in [0.2, 0.25) is 5.91 Å². The number of benzene rings is 2. The number of para-hydroxylation sites is 1. The Morgan fingerprint density at radius 1 is 0.920 bits per heavy atom. The van der Waals surface area contributed by atoms with Gasteiger partial charge in [-0.1, -0.05) is 42.5 Å². The van der Waals surface area contributed by atoms with Crippen LogP contribution < -0.4 is 15.6 Å². The van der Waals surface area contributed by atoms with E-state index in [1.807, 2.05) is 30.3 Å². The summed E-state index contributed by atoms with van der Waals surface area (Å²) < 4.78 is 10.1. The Bertz CT molecular complexity index is 746.